The van der Waals surface area contributed by atoms with E-state index in [1.165, 1.54) is 20.8 Å². The van der Waals surface area contributed by atoms with Crippen LogP contribution in [-0.4, -0.2) is 65.1 Å². The molecule has 4 amide bonds. The van der Waals surface area contributed by atoms with Gasteiger partial charge in [0.2, 0.25) is 17.7 Å². The molecule has 0 spiro atoms. The summed E-state index contributed by atoms with van der Waals surface area (Å²) < 4.78 is 5.32. The second-order valence-electron chi connectivity index (χ2n) is 10.3. The molecule has 2 aromatic carbocycles. The van der Waals surface area contributed by atoms with Gasteiger partial charge in [-0.15, -0.1) is 0 Å². The van der Waals surface area contributed by atoms with Gasteiger partial charge in [0, 0.05) is 6.42 Å². The van der Waals surface area contributed by atoms with E-state index in [9.17, 15) is 29.1 Å². The Bertz CT molecular complexity index is 1200. The predicted octanol–water partition coefficient (Wildman–Crippen LogP) is 1.62. The Morgan fingerprint density at radius 2 is 1.38 bits per heavy atom. The lowest BCUT2D eigenvalue weighted by atomic mass is 9.91. The molecule has 0 aliphatic rings. The highest BCUT2D eigenvalue weighted by molar-refractivity contribution is 5.95. The van der Waals surface area contributed by atoms with Crippen LogP contribution in [0.5, 0.6) is 0 Å². The topological polar surface area (TPSA) is 189 Å². The molecule has 0 heterocycles. The van der Waals surface area contributed by atoms with Crippen LogP contribution in [0.25, 0.3) is 0 Å². The molecule has 7 N–H and O–H groups in total. The van der Waals surface area contributed by atoms with Crippen LogP contribution in [0.3, 0.4) is 0 Å². The Balaban J connectivity index is 2.03. The molecule has 42 heavy (non-hydrogen) atoms. The monoisotopic (exact) mass is 583 g/mol. The fraction of sp³-hybridized carbons (Fsp3) is 0.433. The minimum absolute atomic E-state index is 0.00419. The number of nitrogens with two attached hydrogens (primary N) is 1. The van der Waals surface area contributed by atoms with Gasteiger partial charge in [0.25, 0.3) is 0 Å². The van der Waals surface area contributed by atoms with Crippen molar-refractivity contribution >= 4 is 29.8 Å². The number of hydrogen-bond donors (Lipinski definition) is 6. The summed E-state index contributed by atoms with van der Waals surface area (Å²) >= 11 is 0. The van der Waals surface area contributed by atoms with Gasteiger partial charge in [-0.3, -0.25) is 14.4 Å². The molecule has 0 aliphatic heterocycles. The number of rotatable bonds is 16. The first-order valence-corrected chi connectivity index (χ1v) is 13.8. The van der Waals surface area contributed by atoms with Crippen LogP contribution in [-0.2, 0) is 36.9 Å². The second-order valence-corrected chi connectivity index (χ2v) is 10.3. The molecule has 0 unspecified atom stereocenters. The Hall–Kier alpha value is -4.45. The second kappa shape index (κ2) is 16.7. The smallest absolute Gasteiger partial charge is 0.408 e. The molecule has 0 aromatic heterocycles. The maximum Gasteiger partial charge on any atom is 0.408 e. The number of alkyl carbamates (subject to hydrolysis) is 1. The van der Waals surface area contributed by atoms with Crippen molar-refractivity contribution in [2.45, 2.75) is 76.7 Å². The van der Waals surface area contributed by atoms with E-state index in [0.29, 0.717) is 19.4 Å². The van der Waals surface area contributed by atoms with E-state index in [4.69, 9.17) is 10.5 Å². The van der Waals surface area contributed by atoms with Crippen LogP contribution in [0, 0.1) is 0 Å². The molecule has 4 atom stereocenters. The van der Waals surface area contributed by atoms with E-state index < -0.39 is 53.4 Å². The molecule has 0 aliphatic carbocycles. The lowest BCUT2D eigenvalue weighted by molar-refractivity contribution is -0.142. The van der Waals surface area contributed by atoms with Gasteiger partial charge in [-0.25, -0.2) is 9.59 Å². The molecular formula is C30H41N5O7. The highest BCUT2D eigenvalue weighted by Crippen LogP contribution is 2.15. The maximum atomic E-state index is 13.4. The van der Waals surface area contributed by atoms with E-state index in [-0.39, 0.29) is 19.4 Å². The van der Waals surface area contributed by atoms with Crippen molar-refractivity contribution < 1.29 is 33.8 Å². The number of hydrogen-bond acceptors (Lipinski definition) is 7. The average molecular weight is 584 g/mol. The summed E-state index contributed by atoms with van der Waals surface area (Å²) in [6.07, 6.45) is 0.633. The Kier molecular flexibility index (Phi) is 13.4. The Labute approximate surface area is 245 Å². The first-order chi connectivity index (χ1) is 19.9. The zero-order valence-corrected chi connectivity index (χ0v) is 24.2. The van der Waals surface area contributed by atoms with Crippen molar-refractivity contribution in [1.82, 2.24) is 21.3 Å². The average Bonchev–Trinajstić information content (AvgIpc) is 2.96. The number of unbranched alkanes of at least 4 members (excludes halogenated alkanes) is 1. The number of amides is 4. The number of carboxylic acid groups (broad SMARTS) is 1. The number of aliphatic carboxylic acids is 1. The molecule has 0 radical (unpaired) electrons. The van der Waals surface area contributed by atoms with Crippen molar-refractivity contribution in [3.05, 3.63) is 71.8 Å². The number of nitrogens with one attached hydrogen (secondary N) is 4. The lowest BCUT2D eigenvalue weighted by Crippen LogP contribution is -2.61. The van der Waals surface area contributed by atoms with Crippen LogP contribution < -0.4 is 27.0 Å². The van der Waals surface area contributed by atoms with Crippen molar-refractivity contribution in [3.8, 4) is 0 Å². The quantitative estimate of drug-likeness (QED) is 0.161. The highest BCUT2D eigenvalue weighted by atomic mass is 16.5. The van der Waals surface area contributed by atoms with Gasteiger partial charge < -0.3 is 36.8 Å². The summed E-state index contributed by atoms with van der Waals surface area (Å²) in [4.78, 5) is 63.0. The van der Waals surface area contributed by atoms with E-state index in [0.717, 1.165) is 11.1 Å². The third-order valence-electron chi connectivity index (χ3n) is 6.55. The van der Waals surface area contributed by atoms with Gasteiger partial charge >= 0.3 is 12.1 Å². The van der Waals surface area contributed by atoms with Gasteiger partial charge in [-0.1, -0.05) is 60.7 Å². The summed E-state index contributed by atoms with van der Waals surface area (Å²) in [5.41, 5.74) is 5.49. The number of ether oxygens (including phenoxy) is 1. The van der Waals surface area contributed by atoms with E-state index in [2.05, 4.69) is 21.3 Å². The molecule has 0 saturated carbocycles. The predicted molar refractivity (Wildman–Crippen MR) is 156 cm³/mol. The minimum atomic E-state index is -1.50. The Morgan fingerprint density at radius 3 is 1.95 bits per heavy atom. The van der Waals surface area contributed by atoms with E-state index in [1.807, 2.05) is 24.3 Å². The molecule has 228 valence electrons. The summed E-state index contributed by atoms with van der Waals surface area (Å²) in [5.74, 6) is -3.19. The van der Waals surface area contributed by atoms with Crippen LogP contribution in [0.15, 0.2) is 60.7 Å². The summed E-state index contributed by atoms with van der Waals surface area (Å²) in [5, 5.41) is 19.5. The van der Waals surface area contributed by atoms with Gasteiger partial charge in [-0.2, -0.15) is 0 Å². The third kappa shape index (κ3) is 11.2. The summed E-state index contributed by atoms with van der Waals surface area (Å²) in [6, 6.07) is 14.8. The zero-order valence-electron chi connectivity index (χ0n) is 24.2. The minimum Gasteiger partial charge on any atom is -0.480 e. The third-order valence-corrected chi connectivity index (χ3v) is 6.55. The molecule has 2 aromatic rings. The standard InChI is InChI=1S/C30H41N5O7/c1-20(26(37)34-24(27(38)39)16-10-11-17-31)32-25(36)21(2)33-28(40)30(3,18-22-12-6-4-7-13-22)35-29(41)42-19-23-14-8-5-9-15-23/h4-9,12-15,20-21,24H,10-11,16-19,31H2,1-3H3,(H,32,36)(H,33,40)(H,34,37)(H,35,41)(H,38,39)/t20-,21-,24-,30+/m0/s1. The fourth-order valence-electron chi connectivity index (χ4n) is 4.04. The van der Waals surface area contributed by atoms with E-state index >= 15 is 0 Å². The van der Waals surface area contributed by atoms with Crippen molar-refractivity contribution in [2.24, 2.45) is 5.73 Å². The summed E-state index contributed by atoms with van der Waals surface area (Å²) in [7, 11) is 0. The lowest BCUT2D eigenvalue weighted by Gasteiger charge is -2.31. The van der Waals surface area contributed by atoms with Crippen LogP contribution in [0.4, 0.5) is 4.79 Å². The summed E-state index contributed by atoms with van der Waals surface area (Å²) in [6.45, 7) is 4.78. The van der Waals surface area contributed by atoms with Crippen LogP contribution in [0.1, 0.15) is 51.2 Å². The number of carbonyl (C=O) groups is 5. The first-order valence-electron chi connectivity index (χ1n) is 13.8. The molecule has 12 heteroatoms. The van der Waals surface area contributed by atoms with Crippen molar-refractivity contribution in [2.75, 3.05) is 6.54 Å². The maximum absolute atomic E-state index is 13.4. The largest absolute Gasteiger partial charge is 0.480 e. The molecule has 0 saturated heterocycles. The SMILES string of the molecule is C[C@H](NC(=O)[C@H](C)NC(=O)[C@@](C)(Cc1ccccc1)NC(=O)OCc1ccccc1)C(=O)N[C@@H](CCCCN)C(=O)O. The zero-order chi connectivity index (χ0) is 31.1. The number of carboxylic acids is 1. The van der Waals surface area contributed by atoms with Crippen LogP contribution in [0.2, 0.25) is 0 Å². The van der Waals surface area contributed by atoms with Crippen molar-refractivity contribution in [3.63, 3.8) is 0 Å². The normalized spacial score (nSPS) is 14.3. The van der Waals surface area contributed by atoms with E-state index in [1.54, 1.807) is 36.4 Å². The fourth-order valence-corrected chi connectivity index (χ4v) is 4.04. The van der Waals surface area contributed by atoms with Crippen LogP contribution >= 0.6 is 0 Å². The molecule has 2 rings (SSSR count). The van der Waals surface area contributed by atoms with Gasteiger partial charge in [0.15, 0.2) is 0 Å². The molecule has 12 nitrogen and oxygen atoms in total. The first kappa shape index (κ1) is 33.8. The Morgan fingerprint density at radius 1 is 0.833 bits per heavy atom. The molecular weight excluding hydrogens is 542 g/mol. The van der Waals surface area contributed by atoms with Gasteiger partial charge in [-0.05, 0) is 57.7 Å². The van der Waals surface area contributed by atoms with Gasteiger partial charge in [0.05, 0.1) is 0 Å². The van der Waals surface area contributed by atoms with Gasteiger partial charge in [0.1, 0.15) is 30.3 Å². The number of carbonyl (C=O) groups excluding carboxylic acids is 4. The van der Waals surface area contributed by atoms with Crippen molar-refractivity contribution in [1.29, 1.82) is 0 Å². The highest BCUT2D eigenvalue weighted by Gasteiger charge is 2.37. The molecule has 0 bridgehead atoms. The number of benzene rings is 2. The molecule has 0 fully saturated rings.